The molecule has 0 unspecified atom stereocenters. The fourth-order valence-electron chi connectivity index (χ4n) is 1.31. The first-order valence-electron chi connectivity index (χ1n) is 6.07. The summed E-state index contributed by atoms with van der Waals surface area (Å²) in [6.45, 7) is 4.00. The molecule has 1 N–H and O–H groups in total. The number of carbonyl (C=O) groups excluding carboxylic acids is 1. The molecule has 0 saturated carbocycles. The summed E-state index contributed by atoms with van der Waals surface area (Å²) in [7, 11) is 1.60. The average Bonchev–Trinajstić information content (AvgIpc) is 2.46. The van der Waals surface area contributed by atoms with Crippen molar-refractivity contribution in [2.45, 2.75) is 13.8 Å². The number of benzene rings is 1. The van der Waals surface area contributed by atoms with Crippen molar-refractivity contribution in [2.24, 2.45) is 7.05 Å². The molecular formula is C14H17N3O2. The van der Waals surface area contributed by atoms with E-state index in [1.165, 1.54) is 4.57 Å². The maximum Gasteiger partial charge on any atom is 0.349 e. The van der Waals surface area contributed by atoms with Crippen LogP contribution in [0.1, 0.15) is 24.2 Å². The monoisotopic (exact) mass is 259 g/mol. The van der Waals surface area contributed by atoms with Crippen LogP contribution in [0.2, 0.25) is 0 Å². The van der Waals surface area contributed by atoms with E-state index in [0.717, 1.165) is 0 Å². The quantitative estimate of drug-likeness (QED) is 0.897. The van der Waals surface area contributed by atoms with Gasteiger partial charge in [-0.1, -0.05) is 32.0 Å². The van der Waals surface area contributed by atoms with Gasteiger partial charge in [0.05, 0.1) is 0 Å². The van der Waals surface area contributed by atoms with E-state index < -0.39 is 5.69 Å². The molecule has 19 heavy (non-hydrogen) atoms. The minimum atomic E-state index is -0.407. The summed E-state index contributed by atoms with van der Waals surface area (Å²) in [6.07, 6.45) is 1.55. The number of nitrogens with one attached hydrogen (secondary N) is 1. The molecule has 1 aromatic carbocycles. The molecule has 1 heterocycles. The Hall–Kier alpha value is -2.43. The Morgan fingerprint density at radius 1 is 1.16 bits per heavy atom. The van der Waals surface area contributed by atoms with Gasteiger partial charge in [-0.2, -0.15) is 4.98 Å². The molecule has 100 valence electrons. The van der Waals surface area contributed by atoms with E-state index in [9.17, 15) is 9.59 Å². The van der Waals surface area contributed by atoms with E-state index >= 15 is 0 Å². The topological polar surface area (TPSA) is 64.0 Å². The lowest BCUT2D eigenvalue weighted by atomic mass is 10.2. The summed E-state index contributed by atoms with van der Waals surface area (Å²) < 4.78 is 1.33. The van der Waals surface area contributed by atoms with Crippen LogP contribution in [-0.2, 0) is 7.05 Å². The molecule has 0 aliphatic carbocycles. The van der Waals surface area contributed by atoms with Crippen LogP contribution in [0.5, 0.6) is 0 Å². The van der Waals surface area contributed by atoms with Gasteiger partial charge in [-0.3, -0.25) is 4.79 Å². The zero-order valence-corrected chi connectivity index (χ0v) is 11.3. The Labute approximate surface area is 111 Å². The molecule has 5 nitrogen and oxygen atoms in total. The normalized spacial score (nSPS) is 9.21. The van der Waals surface area contributed by atoms with Crippen LogP contribution >= 0.6 is 0 Å². The van der Waals surface area contributed by atoms with Crippen molar-refractivity contribution in [2.75, 3.05) is 5.32 Å². The van der Waals surface area contributed by atoms with Crippen molar-refractivity contribution >= 4 is 11.7 Å². The molecular weight excluding hydrogens is 242 g/mol. The molecule has 0 saturated heterocycles. The minimum absolute atomic E-state index is 0.252. The molecule has 1 amide bonds. The van der Waals surface area contributed by atoms with Crippen LogP contribution < -0.4 is 11.0 Å². The molecule has 0 atom stereocenters. The summed E-state index contributed by atoms with van der Waals surface area (Å²) in [4.78, 5) is 26.7. The van der Waals surface area contributed by atoms with Gasteiger partial charge in [0.1, 0.15) is 5.82 Å². The molecule has 0 aliphatic heterocycles. The third-order valence-corrected chi connectivity index (χ3v) is 2.25. The van der Waals surface area contributed by atoms with Gasteiger partial charge in [0, 0.05) is 18.8 Å². The highest BCUT2D eigenvalue weighted by Gasteiger charge is 2.06. The van der Waals surface area contributed by atoms with Crippen molar-refractivity contribution in [1.82, 2.24) is 9.55 Å². The maximum atomic E-state index is 11.8. The smallest absolute Gasteiger partial charge is 0.306 e. The van der Waals surface area contributed by atoms with Gasteiger partial charge in [-0.15, -0.1) is 0 Å². The van der Waals surface area contributed by atoms with Gasteiger partial charge in [0.25, 0.3) is 5.91 Å². The first-order valence-corrected chi connectivity index (χ1v) is 6.07. The van der Waals surface area contributed by atoms with E-state index in [1.807, 2.05) is 19.9 Å². The molecule has 0 fully saturated rings. The fourth-order valence-corrected chi connectivity index (χ4v) is 1.31. The summed E-state index contributed by atoms with van der Waals surface area (Å²) in [5, 5.41) is 2.56. The molecule has 0 aliphatic rings. The van der Waals surface area contributed by atoms with Crippen LogP contribution in [0.15, 0.2) is 47.4 Å². The maximum absolute atomic E-state index is 11.8. The van der Waals surface area contributed by atoms with Crippen LogP contribution in [0.25, 0.3) is 0 Å². The van der Waals surface area contributed by atoms with Crippen molar-refractivity contribution in [3.8, 4) is 0 Å². The lowest BCUT2D eigenvalue weighted by Crippen LogP contribution is -2.22. The third kappa shape index (κ3) is 4.06. The number of aryl methyl sites for hydroxylation is 1. The lowest BCUT2D eigenvalue weighted by molar-refractivity contribution is 0.102. The van der Waals surface area contributed by atoms with Crippen molar-refractivity contribution in [3.05, 3.63) is 58.6 Å². The largest absolute Gasteiger partial charge is 0.349 e. The van der Waals surface area contributed by atoms with Crippen LogP contribution in [-0.4, -0.2) is 15.5 Å². The summed E-state index contributed by atoms with van der Waals surface area (Å²) in [5.74, 6) is -0.0340. The number of amides is 1. The fraction of sp³-hybridized carbons (Fsp3) is 0.214. The zero-order valence-electron chi connectivity index (χ0n) is 11.3. The second-order valence-corrected chi connectivity index (χ2v) is 3.53. The number of aromatic nitrogens is 2. The minimum Gasteiger partial charge on any atom is -0.306 e. The lowest BCUT2D eigenvalue weighted by Gasteiger charge is -2.04. The van der Waals surface area contributed by atoms with Crippen molar-refractivity contribution < 1.29 is 4.79 Å². The van der Waals surface area contributed by atoms with E-state index in [1.54, 1.807) is 43.6 Å². The predicted octanol–water partition coefficient (Wildman–Crippen LogP) is 2.06. The van der Waals surface area contributed by atoms with Crippen molar-refractivity contribution in [3.63, 3.8) is 0 Å². The van der Waals surface area contributed by atoms with Gasteiger partial charge in [0.2, 0.25) is 0 Å². The average molecular weight is 259 g/mol. The Bertz CT molecular complexity index is 591. The number of carbonyl (C=O) groups is 1. The van der Waals surface area contributed by atoms with E-state index in [0.29, 0.717) is 5.56 Å². The second-order valence-electron chi connectivity index (χ2n) is 3.53. The number of hydrogen-bond donors (Lipinski definition) is 1. The third-order valence-electron chi connectivity index (χ3n) is 2.25. The summed E-state index contributed by atoms with van der Waals surface area (Å²) in [5.41, 5.74) is 0.117. The first kappa shape index (κ1) is 14.6. The molecule has 2 rings (SSSR count). The number of hydrogen-bond acceptors (Lipinski definition) is 3. The van der Waals surface area contributed by atoms with Crippen LogP contribution in [0.3, 0.4) is 0 Å². The summed E-state index contributed by atoms with van der Waals surface area (Å²) >= 11 is 0. The van der Waals surface area contributed by atoms with Gasteiger partial charge in [-0.25, -0.2) is 4.79 Å². The predicted molar refractivity (Wildman–Crippen MR) is 75.2 cm³/mol. The number of nitrogens with zero attached hydrogens (tertiary/aromatic N) is 2. The highest BCUT2D eigenvalue weighted by molar-refractivity contribution is 6.03. The Kier molecular flexibility index (Phi) is 5.47. The van der Waals surface area contributed by atoms with E-state index in [2.05, 4.69) is 10.3 Å². The highest BCUT2D eigenvalue weighted by atomic mass is 16.2. The van der Waals surface area contributed by atoms with Crippen LogP contribution in [0, 0.1) is 0 Å². The molecule has 0 radical (unpaired) electrons. The first-order chi connectivity index (χ1) is 9.16. The second kappa shape index (κ2) is 7.10. The number of rotatable bonds is 2. The Morgan fingerprint density at radius 3 is 2.37 bits per heavy atom. The SMILES string of the molecule is CC.Cn1ccc(NC(=O)c2ccccc2)nc1=O. The van der Waals surface area contributed by atoms with Crippen LogP contribution in [0.4, 0.5) is 5.82 Å². The van der Waals surface area contributed by atoms with Gasteiger partial charge in [0.15, 0.2) is 0 Å². The highest BCUT2D eigenvalue weighted by Crippen LogP contribution is 2.03. The zero-order chi connectivity index (χ0) is 14.3. The molecule has 5 heteroatoms. The number of anilines is 1. The van der Waals surface area contributed by atoms with Crippen molar-refractivity contribution in [1.29, 1.82) is 0 Å². The Morgan fingerprint density at radius 2 is 1.79 bits per heavy atom. The van der Waals surface area contributed by atoms with Gasteiger partial charge in [-0.05, 0) is 18.2 Å². The van der Waals surface area contributed by atoms with Gasteiger partial charge < -0.3 is 9.88 Å². The Balaban J connectivity index is 0.000000861. The molecule has 1 aromatic heterocycles. The van der Waals surface area contributed by atoms with E-state index in [4.69, 9.17) is 0 Å². The standard InChI is InChI=1S/C12H11N3O2.C2H6/c1-15-8-7-10(14-12(15)17)13-11(16)9-5-3-2-4-6-9;1-2/h2-8H,1H3,(H,13,14,16,17);1-2H3. The molecule has 2 aromatic rings. The summed E-state index contributed by atoms with van der Waals surface area (Å²) in [6, 6.07) is 10.3. The molecule has 0 bridgehead atoms. The van der Waals surface area contributed by atoms with E-state index in [-0.39, 0.29) is 11.7 Å². The van der Waals surface area contributed by atoms with Gasteiger partial charge >= 0.3 is 5.69 Å². The molecule has 0 spiro atoms.